The third kappa shape index (κ3) is 1.68. The SMILES string of the molecule is COC1CC(n2c(N)cc(=O)[nH]c2=O)C1. The summed E-state index contributed by atoms with van der Waals surface area (Å²) in [5.41, 5.74) is 4.72. The van der Waals surface area contributed by atoms with Crippen LogP contribution in [0, 0.1) is 0 Å². The Bertz CT molecular complexity index is 470. The molecule has 0 amide bonds. The first kappa shape index (κ1) is 9.97. The molecular formula is C9H13N3O3. The van der Waals surface area contributed by atoms with Crippen LogP contribution in [-0.4, -0.2) is 22.8 Å². The minimum absolute atomic E-state index is 0.0410. The molecule has 1 saturated carbocycles. The van der Waals surface area contributed by atoms with Crippen LogP contribution in [0.3, 0.4) is 0 Å². The Morgan fingerprint density at radius 1 is 1.53 bits per heavy atom. The lowest BCUT2D eigenvalue weighted by Crippen LogP contribution is -2.41. The molecule has 0 aromatic carbocycles. The van der Waals surface area contributed by atoms with Gasteiger partial charge in [-0.1, -0.05) is 0 Å². The molecule has 6 heteroatoms. The van der Waals surface area contributed by atoms with Gasteiger partial charge in [-0.15, -0.1) is 0 Å². The van der Waals surface area contributed by atoms with E-state index in [-0.39, 0.29) is 18.0 Å². The second kappa shape index (κ2) is 3.54. The largest absolute Gasteiger partial charge is 0.385 e. The molecule has 1 heterocycles. The summed E-state index contributed by atoms with van der Waals surface area (Å²) in [7, 11) is 1.64. The zero-order chi connectivity index (χ0) is 11.0. The Hall–Kier alpha value is -1.56. The van der Waals surface area contributed by atoms with Crippen LogP contribution in [0.15, 0.2) is 15.7 Å². The van der Waals surface area contributed by atoms with Crippen molar-refractivity contribution in [3.05, 3.63) is 26.9 Å². The first-order valence-corrected chi connectivity index (χ1v) is 4.76. The zero-order valence-corrected chi connectivity index (χ0v) is 8.40. The molecule has 1 aliphatic rings. The highest BCUT2D eigenvalue weighted by atomic mass is 16.5. The van der Waals surface area contributed by atoms with E-state index < -0.39 is 11.2 Å². The Labute approximate surface area is 85.7 Å². The van der Waals surface area contributed by atoms with E-state index in [4.69, 9.17) is 10.5 Å². The number of nitrogens with two attached hydrogens (primary N) is 1. The molecular weight excluding hydrogens is 198 g/mol. The zero-order valence-electron chi connectivity index (χ0n) is 8.40. The highest BCUT2D eigenvalue weighted by Gasteiger charge is 2.32. The fraction of sp³-hybridized carbons (Fsp3) is 0.556. The van der Waals surface area contributed by atoms with E-state index in [1.165, 1.54) is 10.6 Å². The standard InChI is InChI=1S/C9H13N3O3/c1-15-6-2-5(3-6)12-7(10)4-8(13)11-9(12)14/h4-6H,2-3,10H2,1H3,(H,11,13,14). The number of H-pyrrole nitrogens is 1. The molecule has 0 bridgehead atoms. The average Bonchev–Trinajstić information content (AvgIpc) is 2.06. The quantitative estimate of drug-likeness (QED) is 0.688. The van der Waals surface area contributed by atoms with Crippen LogP contribution >= 0.6 is 0 Å². The van der Waals surface area contributed by atoms with Crippen molar-refractivity contribution in [2.24, 2.45) is 0 Å². The molecule has 2 rings (SSSR count). The van der Waals surface area contributed by atoms with Gasteiger partial charge in [0.05, 0.1) is 6.10 Å². The van der Waals surface area contributed by atoms with Crippen LogP contribution in [0.2, 0.25) is 0 Å². The predicted octanol–water partition coefficient (Wildman–Crippen LogP) is -0.531. The lowest BCUT2D eigenvalue weighted by Gasteiger charge is -2.35. The number of aromatic amines is 1. The Morgan fingerprint density at radius 3 is 2.73 bits per heavy atom. The summed E-state index contributed by atoms with van der Waals surface area (Å²) >= 11 is 0. The van der Waals surface area contributed by atoms with Crippen molar-refractivity contribution < 1.29 is 4.74 Å². The van der Waals surface area contributed by atoms with Gasteiger partial charge in [0, 0.05) is 19.2 Å². The fourth-order valence-electron chi connectivity index (χ4n) is 1.84. The van der Waals surface area contributed by atoms with Crippen molar-refractivity contribution >= 4 is 5.82 Å². The van der Waals surface area contributed by atoms with E-state index in [9.17, 15) is 9.59 Å². The van der Waals surface area contributed by atoms with Crippen molar-refractivity contribution in [1.82, 2.24) is 9.55 Å². The maximum Gasteiger partial charge on any atom is 0.330 e. The number of hydrogen-bond donors (Lipinski definition) is 2. The molecule has 1 aromatic rings. The van der Waals surface area contributed by atoms with Gasteiger partial charge in [-0.05, 0) is 12.8 Å². The summed E-state index contributed by atoms with van der Waals surface area (Å²) in [5, 5.41) is 0. The van der Waals surface area contributed by atoms with Crippen LogP contribution in [0.5, 0.6) is 0 Å². The fourth-order valence-corrected chi connectivity index (χ4v) is 1.84. The van der Waals surface area contributed by atoms with E-state index in [1.807, 2.05) is 0 Å². The number of rotatable bonds is 2. The monoisotopic (exact) mass is 211 g/mol. The van der Waals surface area contributed by atoms with Gasteiger partial charge in [0.2, 0.25) is 0 Å². The van der Waals surface area contributed by atoms with Gasteiger partial charge in [-0.2, -0.15) is 0 Å². The molecule has 0 radical (unpaired) electrons. The molecule has 3 N–H and O–H groups in total. The van der Waals surface area contributed by atoms with Crippen LogP contribution in [0.4, 0.5) is 5.82 Å². The van der Waals surface area contributed by atoms with Crippen molar-refractivity contribution in [2.45, 2.75) is 25.0 Å². The summed E-state index contributed by atoms with van der Waals surface area (Å²) < 4.78 is 6.53. The number of anilines is 1. The number of nitrogen functional groups attached to an aromatic ring is 1. The van der Waals surface area contributed by atoms with Crippen molar-refractivity contribution in [2.75, 3.05) is 12.8 Å². The van der Waals surface area contributed by atoms with Crippen LogP contribution < -0.4 is 17.0 Å². The van der Waals surface area contributed by atoms with E-state index in [0.717, 1.165) is 12.8 Å². The number of ether oxygens (including phenoxy) is 1. The molecule has 82 valence electrons. The molecule has 1 aliphatic carbocycles. The smallest absolute Gasteiger partial charge is 0.330 e. The maximum absolute atomic E-state index is 11.5. The van der Waals surface area contributed by atoms with E-state index in [0.29, 0.717) is 0 Å². The van der Waals surface area contributed by atoms with E-state index in [1.54, 1.807) is 7.11 Å². The van der Waals surface area contributed by atoms with Gasteiger partial charge >= 0.3 is 5.69 Å². The molecule has 0 atom stereocenters. The van der Waals surface area contributed by atoms with Crippen molar-refractivity contribution in [3.63, 3.8) is 0 Å². The minimum atomic E-state index is -0.462. The number of hydrogen-bond acceptors (Lipinski definition) is 4. The highest BCUT2D eigenvalue weighted by Crippen LogP contribution is 2.33. The topological polar surface area (TPSA) is 90.1 Å². The summed E-state index contributed by atoms with van der Waals surface area (Å²) in [6.45, 7) is 0. The minimum Gasteiger partial charge on any atom is -0.385 e. The molecule has 0 unspecified atom stereocenters. The third-order valence-corrected chi connectivity index (χ3v) is 2.77. The highest BCUT2D eigenvalue weighted by molar-refractivity contribution is 5.27. The summed E-state index contributed by atoms with van der Waals surface area (Å²) in [6, 6.07) is 1.26. The maximum atomic E-state index is 11.5. The molecule has 15 heavy (non-hydrogen) atoms. The number of nitrogens with one attached hydrogen (secondary N) is 1. The van der Waals surface area contributed by atoms with Gasteiger partial charge in [-0.25, -0.2) is 4.79 Å². The molecule has 6 nitrogen and oxygen atoms in total. The van der Waals surface area contributed by atoms with Crippen LogP contribution in [0.1, 0.15) is 18.9 Å². The van der Waals surface area contributed by atoms with Crippen molar-refractivity contribution in [3.8, 4) is 0 Å². The third-order valence-electron chi connectivity index (χ3n) is 2.77. The molecule has 1 aromatic heterocycles. The first-order valence-electron chi connectivity index (χ1n) is 4.76. The van der Waals surface area contributed by atoms with Crippen LogP contribution in [0.25, 0.3) is 0 Å². The second-order valence-electron chi connectivity index (χ2n) is 3.72. The Kier molecular flexibility index (Phi) is 2.36. The van der Waals surface area contributed by atoms with E-state index in [2.05, 4.69) is 4.98 Å². The van der Waals surface area contributed by atoms with Gasteiger partial charge in [0.15, 0.2) is 0 Å². The molecule has 0 spiro atoms. The average molecular weight is 211 g/mol. The lowest BCUT2D eigenvalue weighted by molar-refractivity contribution is 0.00545. The molecule has 0 saturated heterocycles. The molecule has 0 aliphatic heterocycles. The van der Waals surface area contributed by atoms with Crippen LogP contribution in [-0.2, 0) is 4.74 Å². The Morgan fingerprint density at radius 2 is 2.20 bits per heavy atom. The predicted molar refractivity (Wildman–Crippen MR) is 54.8 cm³/mol. The van der Waals surface area contributed by atoms with Crippen molar-refractivity contribution in [1.29, 1.82) is 0 Å². The number of nitrogens with zero attached hydrogens (tertiary/aromatic N) is 1. The summed E-state index contributed by atoms with van der Waals surface area (Å²) in [6.07, 6.45) is 1.70. The lowest BCUT2D eigenvalue weighted by atomic mass is 9.89. The van der Waals surface area contributed by atoms with Gasteiger partial charge in [0.1, 0.15) is 5.82 Å². The van der Waals surface area contributed by atoms with Gasteiger partial charge in [-0.3, -0.25) is 14.3 Å². The van der Waals surface area contributed by atoms with Gasteiger partial charge < -0.3 is 10.5 Å². The van der Waals surface area contributed by atoms with Gasteiger partial charge in [0.25, 0.3) is 5.56 Å². The summed E-state index contributed by atoms with van der Waals surface area (Å²) in [5.74, 6) is 0.211. The second-order valence-corrected chi connectivity index (χ2v) is 3.72. The first-order chi connectivity index (χ1) is 7.11. The summed E-state index contributed by atoms with van der Waals surface area (Å²) in [4.78, 5) is 24.6. The molecule has 1 fully saturated rings. The Balaban J connectivity index is 2.30. The number of methoxy groups -OCH3 is 1. The number of aromatic nitrogens is 2. The van der Waals surface area contributed by atoms with E-state index >= 15 is 0 Å². The normalized spacial score (nSPS) is 24.9.